The van der Waals surface area contributed by atoms with E-state index in [4.69, 9.17) is 11.6 Å². The standard InChI is InChI=1S/C9H5ClF4O2/c1-4(15)5-2-3-6(7(10)8(5)11)16-9(12,13)14/h2-3H,1H3. The minimum Gasteiger partial charge on any atom is -0.404 e. The smallest absolute Gasteiger partial charge is 0.404 e. The molecule has 7 heteroatoms. The lowest BCUT2D eigenvalue weighted by atomic mass is 10.1. The predicted molar refractivity (Wildman–Crippen MR) is 48.1 cm³/mol. The molecule has 0 aliphatic heterocycles. The Hall–Kier alpha value is -1.30. The maximum absolute atomic E-state index is 13.3. The molecule has 0 heterocycles. The van der Waals surface area contributed by atoms with Crippen LogP contribution < -0.4 is 4.74 Å². The molecule has 2 nitrogen and oxygen atoms in total. The predicted octanol–water partition coefficient (Wildman–Crippen LogP) is 3.58. The number of Topliss-reactive ketones (excluding diaryl/α,β-unsaturated/α-hetero) is 1. The van der Waals surface area contributed by atoms with E-state index in [9.17, 15) is 22.4 Å². The third kappa shape index (κ3) is 2.85. The number of ketones is 1. The average molecular weight is 257 g/mol. The van der Waals surface area contributed by atoms with E-state index in [2.05, 4.69) is 4.74 Å². The summed E-state index contributed by atoms with van der Waals surface area (Å²) in [5, 5.41) is -0.870. The zero-order chi connectivity index (χ0) is 12.5. The van der Waals surface area contributed by atoms with Gasteiger partial charge in [0.25, 0.3) is 0 Å². The average Bonchev–Trinajstić information content (AvgIpc) is 2.10. The number of halogens is 5. The Morgan fingerprint density at radius 2 is 1.94 bits per heavy atom. The summed E-state index contributed by atoms with van der Waals surface area (Å²) in [5.41, 5.74) is -0.389. The van der Waals surface area contributed by atoms with E-state index >= 15 is 0 Å². The summed E-state index contributed by atoms with van der Waals surface area (Å²) in [5.74, 6) is -2.74. The molecule has 0 N–H and O–H groups in total. The maximum atomic E-state index is 13.3. The van der Waals surface area contributed by atoms with E-state index in [0.29, 0.717) is 0 Å². The number of carbonyl (C=O) groups excluding carboxylic acids is 1. The van der Waals surface area contributed by atoms with Gasteiger partial charge in [-0.25, -0.2) is 4.39 Å². The van der Waals surface area contributed by atoms with Crippen molar-refractivity contribution in [3.8, 4) is 5.75 Å². The SMILES string of the molecule is CC(=O)c1ccc(OC(F)(F)F)c(Cl)c1F. The quantitative estimate of drug-likeness (QED) is 0.597. The van der Waals surface area contributed by atoms with Gasteiger partial charge < -0.3 is 4.74 Å². The normalized spacial score (nSPS) is 11.4. The molecule has 0 aliphatic carbocycles. The molecule has 0 atom stereocenters. The minimum absolute atomic E-state index is 0.389. The molecule has 0 saturated carbocycles. The fourth-order valence-corrected chi connectivity index (χ4v) is 1.21. The number of ether oxygens (including phenoxy) is 1. The Kier molecular flexibility index (Phi) is 3.42. The van der Waals surface area contributed by atoms with Gasteiger partial charge in [0.15, 0.2) is 17.3 Å². The van der Waals surface area contributed by atoms with Crippen molar-refractivity contribution in [2.45, 2.75) is 13.3 Å². The molecule has 0 spiro atoms. The van der Waals surface area contributed by atoms with Crippen LogP contribution in [0.25, 0.3) is 0 Å². The maximum Gasteiger partial charge on any atom is 0.573 e. The highest BCUT2D eigenvalue weighted by molar-refractivity contribution is 6.32. The second kappa shape index (κ2) is 4.29. The Morgan fingerprint density at radius 3 is 2.38 bits per heavy atom. The summed E-state index contributed by atoms with van der Waals surface area (Å²) in [6, 6.07) is 1.67. The van der Waals surface area contributed by atoms with Crippen molar-refractivity contribution >= 4 is 17.4 Å². The molecule has 0 unspecified atom stereocenters. The van der Waals surface area contributed by atoms with Gasteiger partial charge in [-0.2, -0.15) is 0 Å². The van der Waals surface area contributed by atoms with E-state index < -0.39 is 28.7 Å². The lowest BCUT2D eigenvalue weighted by Crippen LogP contribution is -2.17. The summed E-state index contributed by atoms with van der Waals surface area (Å²) in [6.07, 6.45) is -4.96. The summed E-state index contributed by atoms with van der Waals surface area (Å²) in [7, 11) is 0. The number of alkyl halides is 3. The van der Waals surface area contributed by atoms with Gasteiger partial charge in [0.05, 0.1) is 5.56 Å². The number of rotatable bonds is 2. The van der Waals surface area contributed by atoms with Gasteiger partial charge >= 0.3 is 6.36 Å². The number of carbonyl (C=O) groups is 1. The van der Waals surface area contributed by atoms with Crippen LogP contribution >= 0.6 is 11.6 Å². The molecule has 1 aromatic rings. The minimum atomic E-state index is -4.96. The van der Waals surface area contributed by atoms with Gasteiger partial charge in [0.1, 0.15) is 5.02 Å². The van der Waals surface area contributed by atoms with Gasteiger partial charge in [-0.05, 0) is 19.1 Å². The molecule has 0 aliphatic rings. The highest BCUT2D eigenvalue weighted by atomic mass is 35.5. The van der Waals surface area contributed by atoms with Gasteiger partial charge in [0, 0.05) is 0 Å². The second-order valence-electron chi connectivity index (χ2n) is 2.84. The molecule has 0 saturated heterocycles. The van der Waals surface area contributed by atoms with E-state index in [-0.39, 0.29) is 5.56 Å². The molecule has 88 valence electrons. The van der Waals surface area contributed by atoms with Crippen LogP contribution in [0.2, 0.25) is 5.02 Å². The Bertz CT molecular complexity index is 428. The largest absolute Gasteiger partial charge is 0.573 e. The van der Waals surface area contributed by atoms with Gasteiger partial charge in [0.2, 0.25) is 0 Å². The van der Waals surface area contributed by atoms with Crippen molar-refractivity contribution in [2.24, 2.45) is 0 Å². The fourth-order valence-electron chi connectivity index (χ4n) is 1.01. The van der Waals surface area contributed by atoms with Crippen LogP contribution in [0, 0.1) is 5.82 Å². The van der Waals surface area contributed by atoms with Gasteiger partial charge in [-0.1, -0.05) is 11.6 Å². The third-order valence-corrected chi connectivity index (χ3v) is 2.00. The van der Waals surface area contributed by atoms with Crippen LogP contribution in [-0.4, -0.2) is 12.1 Å². The van der Waals surface area contributed by atoms with Crippen molar-refractivity contribution in [3.05, 3.63) is 28.5 Å². The monoisotopic (exact) mass is 256 g/mol. The molecule has 0 amide bonds. The molecular formula is C9H5ClF4O2. The van der Waals surface area contributed by atoms with E-state index in [1.165, 1.54) is 0 Å². The first kappa shape index (κ1) is 12.8. The lowest BCUT2D eigenvalue weighted by molar-refractivity contribution is -0.274. The zero-order valence-corrected chi connectivity index (χ0v) is 8.62. The third-order valence-electron chi connectivity index (χ3n) is 1.65. The Labute approximate surface area is 92.8 Å². The second-order valence-corrected chi connectivity index (χ2v) is 3.22. The van der Waals surface area contributed by atoms with E-state index in [1.54, 1.807) is 0 Å². The van der Waals surface area contributed by atoms with E-state index in [0.717, 1.165) is 19.1 Å². The summed E-state index contributed by atoms with van der Waals surface area (Å²) < 4.78 is 52.3. The van der Waals surface area contributed by atoms with Crippen LogP contribution in [0.15, 0.2) is 12.1 Å². The molecular weight excluding hydrogens is 252 g/mol. The summed E-state index contributed by atoms with van der Waals surface area (Å²) in [6.45, 7) is 1.07. The van der Waals surface area contributed by atoms with Crippen molar-refractivity contribution < 1.29 is 27.1 Å². The molecule has 0 radical (unpaired) electrons. The molecule has 0 aromatic heterocycles. The van der Waals surface area contributed by atoms with Crippen molar-refractivity contribution in [3.63, 3.8) is 0 Å². The Balaban J connectivity index is 3.17. The molecule has 1 aromatic carbocycles. The first-order valence-electron chi connectivity index (χ1n) is 3.97. The summed E-state index contributed by atoms with van der Waals surface area (Å²) in [4.78, 5) is 10.9. The van der Waals surface area contributed by atoms with Crippen molar-refractivity contribution in [1.82, 2.24) is 0 Å². The first-order valence-corrected chi connectivity index (χ1v) is 4.35. The fraction of sp³-hybridized carbons (Fsp3) is 0.222. The number of hydrogen-bond acceptors (Lipinski definition) is 2. The summed E-state index contributed by atoms with van der Waals surface area (Å²) >= 11 is 5.30. The highest BCUT2D eigenvalue weighted by Crippen LogP contribution is 2.33. The number of benzene rings is 1. The molecule has 0 bridgehead atoms. The van der Waals surface area contributed by atoms with Gasteiger partial charge in [-0.3, -0.25) is 4.79 Å². The van der Waals surface area contributed by atoms with E-state index in [1.807, 2.05) is 0 Å². The number of hydrogen-bond donors (Lipinski definition) is 0. The van der Waals surface area contributed by atoms with Crippen LogP contribution in [0.4, 0.5) is 17.6 Å². The van der Waals surface area contributed by atoms with Crippen molar-refractivity contribution in [2.75, 3.05) is 0 Å². The zero-order valence-electron chi connectivity index (χ0n) is 7.86. The highest BCUT2D eigenvalue weighted by Gasteiger charge is 2.33. The van der Waals surface area contributed by atoms with Crippen LogP contribution in [0.3, 0.4) is 0 Å². The van der Waals surface area contributed by atoms with Crippen LogP contribution in [-0.2, 0) is 0 Å². The lowest BCUT2D eigenvalue weighted by Gasteiger charge is -2.11. The topological polar surface area (TPSA) is 26.3 Å². The Morgan fingerprint density at radius 1 is 1.38 bits per heavy atom. The van der Waals surface area contributed by atoms with Gasteiger partial charge in [-0.15, -0.1) is 13.2 Å². The van der Waals surface area contributed by atoms with Crippen molar-refractivity contribution in [1.29, 1.82) is 0 Å². The first-order chi connectivity index (χ1) is 7.22. The van der Waals surface area contributed by atoms with Crippen LogP contribution in [0.1, 0.15) is 17.3 Å². The molecule has 1 rings (SSSR count). The molecule has 16 heavy (non-hydrogen) atoms. The molecule has 0 fully saturated rings. The van der Waals surface area contributed by atoms with Crippen LogP contribution in [0.5, 0.6) is 5.75 Å².